The molecule has 31 heavy (non-hydrogen) atoms. The molecule has 1 amide bonds. The smallest absolute Gasteiger partial charge is 0.335 e. The molecule has 0 bridgehead atoms. The molecular weight excluding hydrogens is 420 g/mol. The van der Waals surface area contributed by atoms with Crippen molar-refractivity contribution >= 4 is 35.0 Å². The van der Waals surface area contributed by atoms with E-state index in [9.17, 15) is 19.5 Å². The van der Waals surface area contributed by atoms with Crippen LogP contribution in [0.15, 0.2) is 68.8 Å². The first kappa shape index (κ1) is 20.4. The van der Waals surface area contributed by atoms with Crippen LogP contribution in [0.4, 0.5) is 5.69 Å². The monoisotopic (exact) mass is 436 g/mol. The minimum absolute atomic E-state index is 0.116. The second-order valence-corrected chi connectivity index (χ2v) is 7.44. The van der Waals surface area contributed by atoms with Crippen LogP contribution in [0.5, 0.6) is 5.88 Å². The average molecular weight is 437 g/mol. The number of hydrogen-bond donors (Lipinski definition) is 2. The van der Waals surface area contributed by atoms with Crippen molar-refractivity contribution in [1.82, 2.24) is 9.55 Å². The zero-order chi connectivity index (χ0) is 22.3. The lowest BCUT2D eigenvalue weighted by atomic mass is 10.1. The lowest BCUT2D eigenvalue weighted by molar-refractivity contribution is -0.114. The number of nitrogens with one attached hydrogen (secondary N) is 1. The number of hydrazone groups is 1. The van der Waals surface area contributed by atoms with E-state index in [0.717, 1.165) is 10.1 Å². The summed E-state index contributed by atoms with van der Waals surface area (Å²) in [7, 11) is 0. The molecule has 0 fully saturated rings. The van der Waals surface area contributed by atoms with E-state index in [1.165, 1.54) is 11.1 Å². The summed E-state index contributed by atoms with van der Waals surface area (Å²) in [6.07, 6.45) is 1.23. The molecule has 4 rings (SSSR count). The third kappa shape index (κ3) is 3.69. The van der Waals surface area contributed by atoms with Gasteiger partial charge in [-0.1, -0.05) is 29.3 Å². The van der Waals surface area contributed by atoms with Gasteiger partial charge in [0.1, 0.15) is 5.56 Å². The Morgan fingerprint density at radius 1 is 0.968 bits per heavy atom. The molecule has 0 atom stereocenters. The lowest BCUT2D eigenvalue weighted by Gasteiger charge is -2.12. The van der Waals surface area contributed by atoms with Gasteiger partial charge in [0.15, 0.2) is 0 Å². The van der Waals surface area contributed by atoms with E-state index >= 15 is 0 Å². The Morgan fingerprint density at radius 2 is 1.58 bits per heavy atom. The largest absolute Gasteiger partial charge is 0.494 e. The van der Waals surface area contributed by atoms with Crippen molar-refractivity contribution in [3.8, 4) is 11.6 Å². The first-order valence-electron chi connectivity index (χ1n) is 9.29. The summed E-state index contributed by atoms with van der Waals surface area (Å²) in [5.41, 5.74) is 0.472. The fourth-order valence-electron chi connectivity index (χ4n) is 3.19. The Morgan fingerprint density at radius 3 is 2.23 bits per heavy atom. The van der Waals surface area contributed by atoms with E-state index in [-0.39, 0.29) is 11.1 Å². The highest BCUT2D eigenvalue weighted by molar-refractivity contribution is 6.32. The average Bonchev–Trinajstić information content (AvgIpc) is 3.01. The highest BCUT2D eigenvalue weighted by Crippen LogP contribution is 2.27. The van der Waals surface area contributed by atoms with Crippen molar-refractivity contribution in [3.63, 3.8) is 0 Å². The Bertz CT molecular complexity index is 1370. The van der Waals surface area contributed by atoms with Crippen molar-refractivity contribution in [2.45, 2.75) is 13.8 Å². The molecule has 0 spiro atoms. The maximum absolute atomic E-state index is 12.9. The van der Waals surface area contributed by atoms with Gasteiger partial charge in [-0.15, -0.1) is 0 Å². The molecule has 2 N–H and O–H groups in total. The lowest BCUT2D eigenvalue weighted by Crippen LogP contribution is -2.30. The van der Waals surface area contributed by atoms with Crippen molar-refractivity contribution in [2.24, 2.45) is 5.10 Å². The normalized spacial score (nSPS) is 14.9. The van der Waals surface area contributed by atoms with Gasteiger partial charge in [-0.3, -0.25) is 14.6 Å². The minimum atomic E-state index is -0.816. The maximum Gasteiger partial charge on any atom is 0.335 e. The van der Waals surface area contributed by atoms with Crippen molar-refractivity contribution in [3.05, 3.63) is 91.1 Å². The molecule has 0 unspecified atom stereocenters. The van der Waals surface area contributed by atoms with Gasteiger partial charge in [-0.05, 0) is 56.3 Å². The van der Waals surface area contributed by atoms with Crippen LogP contribution in [0, 0.1) is 6.92 Å². The second kappa shape index (κ2) is 7.73. The first-order valence-corrected chi connectivity index (χ1v) is 9.66. The number of halogens is 1. The SMILES string of the molecule is CC1=NN(c2ccc(Cl)cc2)C(=O)/C1=C/c1c(O)n(-c2ccc(C)cc2)c(=O)[nH]c1=O. The number of amides is 1. The third-order valence-electron chi connectivity index (χ3n) is 4.84. The van der Waals surface area contributed by atoms with E-state index < -0.39 is 23.0 Å². The van der Waals surface area contributed by atoms with Crippen LogP contribution in [0.25, 0.3) is 11.8 Å². The van der Waals surface area contributed by atoms with Crippen LogP contribution < -0.4 is 16.3 Å². The molecule has 3 aromatic rings. The fourth-order valence-corrected chi connectivity index (χ4v) is 3.31. The van der Waals surface area contributed by atoms with Crippen LogP contribution in [0.3, 0.4) is 0 Å². The molecule has 9 heteroatoms. The van der Waals surface area contributed by atoms with Gasteiger partial charge in [0.2, 0.25) is 5.88 Å². The number of anilines is 1. The molecule has 0 saturated heterocycles. The number of aryl methyl sites for hydroxylation is 1. The van der Waals surface area contributed by atoms with E-state index in [2.05, 4.69) is 10.1 Å². The Kier molecular flexibility index (Phi) is 5.08. The van der Waals surface area contributed by atoms with Crippen LogP contribution in [0.2, 0.25) is 5.02 Å². The van der Waals surface area contributed by atoms with Crippen molar-refractivity contribution in [1.29, 1.82) is 0 Å². The molecule has 2 heterocycles. The number of aromatic amines is 1. The van der Waals surface area contributed by atoms with Crippen molar-refractivity contribution < 1.29 is 9.90 Å². The molecule has 1 aromatic heterocycles. The van der Waals surface area contributed by atoms with E-state index in [1.807, 2.05) is 6.92 Å². The molecule has 1 aliphatic heterocycles. The van der Waals surface area contributed by atoms with Crippen LogP contribution in [0.1, 0.15) is 18.1 Å². The quantitative estimate of drug-likeness (QED) is 0.615. The Hall–Kier alpha value is -3.91. The summed E-state index contributed by atoms with van der Waals surface area (Å²) < 4.78 is 0.968. The van der Waals surface area contributed by atoms with E-state index in [4.69, 9.17) is 11.6 Å². The Labute approximate surface area is 181 Å². The van der Waals surface area contributed by atoms with Gasteiger partial charge in [0.25, 0.3) is 11.5 Å². The van der Waals surface area contributed by atoms with Gasteiger partial charge in [0.05, 0.1) is 22.7 Å². The first-order chi connectivity index (χ1) is 14.8. The third-order valence-corrected chi connectivity index (χ3v) is 5.09. The molecular formula is C22H17ClN4O4. The van der Waals surface area contributed by atoms with Crippen LogP contribution in [-0.4, -0.2) is 26.3 Å². The van der Waals surface area contributed by atoms with Gasteiger partial charge in [0, 0.05) is 5.02 Å². The number of nitrogens with zero attached hydrogens (tertiary/aromatic N) is 3. The number of benzene rings is 2. The molecule has 8 nitrogen and oxygen atoms in total. The molecule has 1 aliphatic rings. The molecule has 0 radical (unpaired) electrons. The highest BCUT2D eigenvalue weighted by Gasteiger charge is 2.29. The van der Waals surface area contributed by atoms with Crippen LogP contribution in [-0.2, 0) is 4.79 Å². The summed E-state index contributed by atoms with van der Waals surface area (Å²) in [4.78, 5) is 39.9. The zero-order valence-electron chi connectivity index (χ0n) is 16.6. The zero-order valence-corrected chi connectivity index (χ0v) is 17.3. The van der Waals surface area contributed by atoms with Gasteiger partial charge in [-0.2, -0.15) is 10.1 Å². The predicted molar refractivity (Wildman–Crippen MR) is 119 cm³/mol. The minimum Gasteiger partial charge on any atom is -0.494 e. The number of rotatable bonds is 3. The molecule has 0 aliphatic carbocycles. The summed E-state index contributed by atoms with van der Waals surface area (Å²) in [5.74, 6) is -1.05. The number of hydrogen-bond acceptors (Lipinski definition) is 5. The van der Waals surface area contributed by atoms with Gasteiger partial charge >= 0.3 is 5.69 Å². The fraction of sp³-hybridized carbons (Fsp3) is 0.0909. The highest BCUT2D eigenvalue weighted by atomic mass is 35.5. The molecule has 156 valence electrons. The summed E-state index contributed by atoms with van der Waals surface area (Å²) in [6, 6.07) is 13.4. The van der Waals surface area contributed by atoms with Crippen LogP contribution >= 0.6 is 11.6 Å². The number of carbonyl (C=O) groups is 1. The maximum atomic E-state index is 12.9. The predicted octanol–water partition coefficient (Wildman–Crippen LogP) is 3.00. The summed E-state index contributed by atoms with van der Waals surface area (Å²) in [5, 5.41) is 16.7. The van der Waals surface area contributed by atoms with Gasteiger partial charge < -0.3 is 5.11 Å². The number of aromatic hydroxyl groups is 1. The van der Waals surface area contributed by atoms with Gasteiger partial charge in [-0.25, -0.2) is 9.36 Å². The number of H-pyrrole nitrogens is 1. The summed E-state index contributed by atoms with van der Waals surface area (Å²) in [6.45, 7) is 3.50. The van der Waals surface area contributed by atoms with E-state index in [0.29, 0.717) is 22.1 Å². The van der Waals surface area contributed by atoms with Crippen molar-refractivity contribution in [2.75, 3.05) is 5.01 Å². The van der Waals surface area contributed by atoms with E-state index in [1.54, 1.807) is 55.5 Å². The second-order valence-electron chi connectivity index (χ2n) is 7.00. The topological polar surface area (TPSA) is 108 Å². The molecule has 0 saturated carbocycles. The standard InChI is InChI=1S/C22H17ClN4O4/c1-12-3-7-15(8-4-12)26-20(29)18(19(28)24-22(26)31)11-17-13(2)25-27(21(17)30)16-9-5-14(23)6-10-16/h3-11,29H,1-2H3,(H,24,28,31)/b17-11+. The number of carbonyl (C=O) groups excluding carboxylic acids is 1. The summed E-state index contributed by atoms with van der Waals surface area (Å²) >= 11 is 5.90. The number of aromatic nitrogens is 2. The molecule has 2 aromatic carbocycles. The Balaban J connectivity index is 1.81.